The van der Waals surface area contributed by atoms with Crippen molar-refractivity contribution in [3.8, 4) is 11.5 Å². The van der Waals surface area contributed by atoms with Crippen LogP contribution in [0.25, 0.3) is 0 Å². The molecule has 1 aliphatic rings. The first-order chi connectivity index (χ1) is 13.7. The van der Waals surface area contributed by atoms with Crippen LogP contribution in [0.4, 0.5) is 0 Å². The third kappa shape index (κ3) is 5.21. The van der Waals surface area contributed by atoms with E-state index in [9.17, 15) is 4.79 Å². The first-order valence-electron chi connectivity index (χ1n) is 9.62. The first kappa shape index (κ1) is 20.1. The van der Waals surface area contributed by atoms with Gasteiger partial charge in [0.25, 0.3) is 5.91 Å². The number of aromatic nitrogens is 1. The first-order valence-corrected chi connectivity index (χ1v) is 9.62. The van der Waals surface area contributed by atoms with Crippen LogP contribution in [0, 0.1) is 0 Å². The van der Waals surface area contributed by atoms with E-state index in [2.05, 4.69) is 26.6 Å². The van der Waals surface area contributed by atoms with Crippen molar-refractivity contribution in [3.05, 3.63) is 53.9 Å². The van der Waals surface area contributed by atoms with Gasteiger partial charge < -0.3 is 20.1 Å². The van der Waals surface area contributed by atoms with Crippen LogP contribution in [0.2, 0.25) is 0 Å². The molecule has 7 nitrogen and oxygen atoms in total. The van der Waals surface area contributed by atoms with E-state index in [0.29, 0.717) is 18.0 Å². The smallest absolute Gasteiger partial charge is 0.257 e. The third-order valence-corrected chi connectivity index (χ3v) is 4.77. The van der Waals surface area contributed by atoms with Gasteiger partial charge in [-0.3, -0.25) is 14.7 Å². The summed E-state index contributed by atoms with van der Waals surface area (Å²) in [5.74, 6) is 1.06. The summed E-state index contributed by atoms with van der Waals surface area (Å²) in [6, 6.07) is 10.3. The summed E-state index contributed by atoms with van der Waals surface area (Å²) in [5, 5.41) is 6.18. The Kier molecular flexibility index (Phi) is 7.22. The Hall–Kier alpha value is -2.64. The minimum atomic E-state index is -0.145. The quantitative estimate of drug-likeness (QED) is 0.722. The maximum absolute atomic E-state index is 11.6. The summed E-state index contributed by atoms with van der Waals surface area (Å²) in [4.78, 5) is 18.3. The molecule has 1 aliphatic heterocycles. The van der Waals surface area contributed by atoms with Crippen molar-refractivity contribution in [2.24, 2.45) is 0 Å². The molecule has 0 spiro atoms. The Morgan fingerprint density at radius 3 is 3.00 bits per heavy atom. The highest BCUT2D eigenvalue weighted by Gasteiger charge is 2.24. The molecule has 150 valence electrons. The second kappa shape index (κ2) is 10.1. The Morgan fingerprint density at radius 2 is 2.25 bits per heavy atom. The molecule has 28 heavy (non-hydrogen) atoms. The van der Waals surface area contributed by atoms with Gasteiger partial charge in [-0.25, -0.2) is 0 Å². The van der Waals surface area contributed by atoms with Crippen LogP contribution in [0.15, 0.2) is 42.7 Å². The molecule has 2 aromatic rings. The molecule has 1 fully saturated rings. The molecule has 2 heterocycles. The third-order valence-electron chi connectivity index (χ3n) is 4.77. The molecule has 1 amide bonds. The highest BCUT2D eigenvalue weighted by Crippen LogP contribution is 2.30. The number of rotatable bonds is 8. The van der Waals surface area contributed by atoms with Crippen molar-refractivity contribution in [1.82, 2.24) is 20.5 Å². The van der Waals surface area contributed by atoms with E-state index >= 15 is 0 Å². The molecule has 0 bridgehead atoms. The normalized spacial score (nSPS) is 17.1. The number of methoxy groups -OCH3 is 1. The predicted octanol–water partition coefficient (Wildman–Crippen LogP) is 1.75. The van der Waals surface area contributed by atoms with Gasteiger partial charge in [0.15, 0.2) is 18.1 Å². The van der Waals surface area contributed by atoms with Crippen molar-refractivity contribution in [2.75, 3.05) is 39.9 Å². The second-order valence-corrected chi connectivity index (χ2v) is 6.70. The fourth-order valence-corrected chi connectivity index (χ4v) is 3.39. The molecule has 1 atom stereocenters. The summed E-state index contributed by atoms with van der Waals surface area (Å²) < 4.78 is 11.1. The van der Waals surface area contributed by atoms with Gasteiger partial charge in [-0.2, -0.15) is 0 Å². The Morgan fingerprint density at radius 1 is 1.36 bits per heavy atom. The molecule has 2 N–H and O–H groups in total. The lowest BCUT2D eigenvalue weighted by Crippen LogP contribution is -2.45. The molecule has 0 aliphatic carbocycles. The van der Waals surface area contributed by atoms with Crippen molar-refractivity contribution >= 4 is 5.91 Å². The fourth-order valence-electron chi connectivity index (χ4n) is 3.39. The van der Waals surface area contributed by atoms with Crippen LogP contribution in [-0.4, -0.2) is 55.7 Å². The standard InChI is InChI=1S/C21H28N4O3/c1-3-24-21(26)15-28-19-7-6-16(11-20(19)27-2)14-25-10-9-23-13-18(25)17-5-4-8-22-12-17/h4-8,11-12,18,23H,3,9-10,13-15H2,1-2H3,(H,24,26). The summed E-state index contributed by atoms with van der Waals surface area (Å²) in [6.07, 6.45) is 3.73. The van der Waals surface area contributed by atoms with Crippen molar-refractivity contribution in [1.29, 1.82) is 0 Å². The molecule has 1 aromatic carbocycles. The molecule has 0 radical (unpaired) electrons. The van der Waals surface area contributed by atoms with Crippen molar-refractivity contribution in [3.63, 3.8) is 0 Å². The highest BCUT2D eigenvalue weighted by molar-refractivity contribution is 5.77. The van der Waals surface area contributed by atoms with Crippen molar-refractivity contribution < 1.29 is 14.3 Å². The number of nitrogens with one attached hydrogen (secondary N) is 2. The van der Waals surface area contributed by atoms with E-state index in [1.165, 1.54) is 5.56 Å². The van der Waals surface area contributed by atoms with Gasteiger partial charge in [-0.05, 0) is 36.2 Å². The molecule has 7 heteroatoms. The number of amides is 1. The van der Waals surface area contributed by atoms with E-state index < -0.39 is 0 Å². The minimum absolute atomic E-state index is 0.0234. The summed E-state index contributed by atoms with van der Waals surface area (Å²) in [7, 11) is 1.61. The van der Waals surface area contributed by atoms with Crippen LogP contribution >= 0.6 is 0 Å². The largest absolute Gasteiger partial charge is 0.493 e. The summed E-state index contributed by atoms with van der Waals surface area (Å²) in [6.45, 7) is 6.05. The molecule has 1 aromatic heterocycles. The number of pyridine rings is 1. The zero-order chi connectivity index (χ0) is 19.8. The lowest BCUT2D eigenvalue weighted by molar-refractivity contribution is -0.123. The van der Waals surface area contributed by atoms with E-state index in [1.54, 1.807) is 13.3 Å². The van der Waals surface area contributed by atoms with E-state index in [0.717, 1.165) is 31.7 Å². The number of likely N-dealkylation sites (N-methyl/N-ethyl adjacent to an activating group) is 1. The van der Waals surface area contributed by atoms with Gasteiger partial charge in [-0.15, -0.1) is 0 Å². The number of hydrogen-bond donors (Lipinski definition) is 2. The van der Waals surface area contributed by atoms with E-state index in [1.807, 2.05) is 37.4 Å². The molecule has 1 saturated heterocycles. The average molecular weight is 384 g/mol. The number of hydrogen-bond acceptors (Lipinski definition) is 6. The van der Waals surface area contributed by atoms with Gasteiger partial charge in [0.2, 0.25) is 0 Å². The van der Waals surface area contributed by atoms with Crippen LogP contribution in [0.5, 0.6) is 11.5 Å². The molecular weight excluding hydrogens is 356 g/mol. The number of benzene rings is 1. The van der Waals surface area contributed by atoms with E-state index in [-0.39, 0.29) is 18.6 Å². The maximum Gasteiger partial charge on any atom is 0.257 e. The number of carbonyl (C=O) groups is 1. The highest BCUT2D eigenvalue weighted by atomic mass is 16.5. The van der Waals surface area contributed by atoms with Gasteiger partial charge in [0, 0.05) is 51.2 Å². The maximum atomic E-state index is 11.6. The second-order valence-electron chi connectivity index (χ2n) is 6.70. The van der Waals surface area contributed by atoms with Crippen LogP contribution in [0.1, 0.15) is 24.1 Å². The topological polar surface area (TPSA) is 75.7 Å². The number of nitrogens with zero attached hydrogens (tertiary/aromatic N) is 2. The van der Waals surface area contributed by atoms with Crippen LogP contribution < -0.4 is 20.1 Å². The Bertz CT molecular complexity index is 770. The lowest BCUT2D eigenvalue weighted by Gasteiger charge is -2.36. The predicted molar refractivity (Wildman–Crippen MR) is 107 cm³/mol. The Balaban J connectivity index is 1.70. The summed E-state index contributed by atoms with van der Waals surface area (Å²) in [5.41, 5.74) is 2.35. The van der Waals surface area contributed by atoms with Gasteiger partial charge in [0.05, 0.1) is 7.11 Å². The number of carbonyl (C=O) groups excluding carboxylic acids is 1. The fraction of sp³-hybridized carbons (Fsp3) is 0.429. The molecule has 3 rings (SSSR count). The van der Waals surface area contributed by atoms with Gasteiger partial charge >= 0.3 is 0 Å². The van der Waals surface area contributed by atoms with Crippen LogP contribution in [-0.2, 0) is 11.3 Å². The minimum Gasteiger partial charge on any atom is -0.493 e. The van der Waals surface area contributed by atoms with Crippen molar-refractivity contribution in [2.45, 2.75) is 19.5 Å². The molecular formula is C21H28N4O3. The van der Waals surface area contributed by atoms with Gasteiger partial charge in [-0.1, -0.05) is 12.1 Å². The lowest BCUT2D eigenvalue weighted by atomic mass is 10.0. The summed E-state index contributed by atoms with van der Waals surface area (Å²) >= 11 is 0. The average Bonchev–Trinajstić information content (AvgIpc) is 2.74. The van der Waals surface area contributed by atoms with Crippen LogP contribution in [0.3, 0.4) is 0 Å². The zero-order valence-electron chi connectivity index (χ0n) is 16.5. The molecule has 0 saturated carbocycles. The number of piperazine rings is 1. The zero-order valence-corrected chi connectivity index (χ0v) is 16.5. The van der Waals surface area contributed by atoms with Gasteiger partial charge in [0.1, 0.15) is 0 Å². The number of ether oxygens (including phenoxy) is 2. The Labute approximate surface area is 166 Å². The monoisotopic (exact) mass is 384 g/mol. The van der Waals surface area contributed by atoms with E-state index in [4.69, 9.17) is 9.47 Å². The SMILES string of the molecule is CCNC(=O)COc1ccc(CN2CCNCC2c2cccnc2)cc1OC. The molecule has 1 unspecified atom stereocenters.